The van der Waals surface area contributed by atoms with Gasteiger partial charge in [0.1, 0.15) is 0 Å². The average molecular weight is 285 g/mol. The van der Waals surface area contributed by atoms with Gasteiger partial charge in [-0.1, -0.05) is 0 Å². The van der Waals surface area contributed by atoms with Gasteiger partial charge >= 0.3 is 0 Å². The summed E-state index contributed by atoms with van der Waals surface area (Å²) in [6, 6.07) is 0.173. The molecule has 1 amide bonds. The Balaban J connectivity index is 1.78. The van der Waals surface area contributed by atoms with Crippen LogP contribution in [0.1, 0.15) is 25.7 Å². The predicted molar refractivity (Wildman–Crippen MR) is 81.7 cm³/mol. The number of carbonyl (C=O) groups excluding carboxylic acids is 1. The highest BCUT2D eigenvalue weighted by Crippen LogP contribution is 2.20. The highest BCUT2D eigenvalue weighted by Gasteiger charge is 2.33. The van der Waals surface area contributed by atoms with Crippen LogP contribution in [0.5, 0.6) is 0 Å². The summed E-state index contributed by atoms with van der Waals surface area (Å²) in [6.07, 6.45) is 6.90. The fraction of sp³-hybridized carbons (Fsp3) is 0.929. The number of nitrogens with zero attached hydrogens (tertiary/aromatic N) is 2. The number of piperazine rings is 1. The molecule has 0 aliphatic carbocycles. The van der Waals surface area contributed by atoms with E-state index in [-0.39, 0.29) is 6.04 Å². The summed E-state index contributed by atoms with van der Waals surface area (Å²) < 4.78 is 0. The van der Waals surface area contributed by atoms with Crippen molar-refractivity contribution in [1.29, 1.82) is 0 Å². The molecule has 0 radical (unpaired) electrons. The maximum absolute atomic E-state index is 12.6. The average Bonchev–Trinajstić information content (AvgIpc) is 2.92. The lowest BCUT2D eigenvalue weighted by atomic mass is 10.1. The molecule has 1 N–H and O–H groups in total. The number of nitrogens with one attached hydrogen (secondary N) is 1. The minimum absolute atomic E-state index is 0.173. The number of hydrogen-bond acceptors (Lipinski definition) is 4. The first-order chi connectivity index (χ1) is 9.33. The monoisotopic (exact) mass is 285 g/mol. The summed E-state index contributed by atoms with van der Waals surface area (Å²) in [5.41, 5.74) is 0. The van der Waals surface area contributed by atoms with Gasteiger partial charge in [0.15, 0.2) is 0 Å². The standard InChI is InChI=1S/C14H27N3OS/c1-19-12-3-2-8-16-9-4-5-13(16)14(18)17-10-6-15-7-11-17/h13,15H,2-12H2,1H3. The van der Waals surface area contributed by atoms with E-state index in [1.54, 1.807) is 0 Å². The van der Waals surface area contributed by atoms with Gasteiger partial charge in [-0.2, -0.15) is 11.8 Å². The second kappa shape index (κ2) is 8.12. The van der Waals surface area contributed by atoms with Crippen molar-refractivity contribution in [2.24, 2.45) is 0 Å². The molecule has 2 rings (SSSR count). The molecule has 0 bridgehead atoms. The van der Waals surface area contributed by atoms with Crippen LogP contribution >= 0.6 is 11.8 Å². The van der Waals surface area contributed by atoms with Crippen LogP contribution in [0.3, 0.4) is 0 Å². The summed E-state index contributed by atoms with van der Waals surface area (Å²) in [7, 11) is 0. The van der Waals surface area contributed by atoms with Crippen LogP contribution in [-0.2, 0) is 4.79 Å². The Bertz CT molecular complexity index is 282. The Morgan fingerprint density at radius 1 is 1.26 bits per heavy atom. The summed E-state index contributed by atoms with van der Waals surface area (Å²) in [5.74, 6) is 1.62. The van der Waals surface area contributed by atoms with E-state index in [1.807, 2.05) is 11.8 Å². The molecule has 1 unspecified atom stereocenters. The third kappa shape index (κ3) is 4.36. The summed E-state index contributed by atoms with van der Waals surface area (Å²) in [5, 5.41) is 3.31. The summed E-state index contributed by atoms with van der Waals surface area (Å²) in [6.45, 7) is 5.88. The molecule has 2 fully saturated rings. The second-order valence-electron chi connectivity index (χ2n) is 5.47. The van der Waals surface area contributed by atoms with Crippen molar-refractivity contribution in [3.63, 3.8) is 0 Å². The molecule has 4 nitrogen and oxygen atoms in total. The minimum Gasteiger partial charge on any atom is -0.339 e. The quantitative estimate of drug-likeness (QED) is 0.739. The number of unbranched alkanes of at least 4 members (excludes halogenated alkanes) is 1. The molecule has 0 aromatic heterocycles. The number of amides is 1. The van der Waals surface area contributed by atoms with Gasteiger partial charge in [-0.25, -0.2) is 0 Å². The number of likely N-dealkylation sites (tertiary alicyclic amines) is 1. The van der Waals surface area contributed by atoms with Gasteiger partial charge in [0.25, 0.3) is 0 Å². The van der Waals surface area contributed by atoms with Crippen LogP contribution in [0.15, 0.2) is 0 Å². The molecule has 2 saturated heterocycles. The van der Waals surface area contributed by atoms with Gasteiger partial charge in [0, 0.05) is 26.2 Å². The highest BCUT2D eigenvalue weighted by atomic mass is 32.2. The Labute approximate surface area is 121 Å². The molecule has 0 saturated carbocycles. The maximum Gasteiger partial charge on any atom is 0.240 e. The van der Waals surface area contributed by atoms with Crippen molar-refractivity contribution >= 4 is 17.7 Å². The van der Waals surface area contributed by atoms with E-state index < -0.39 is 0 Å². The molecule has 1 atom stereocenters. The smallest absolute Gasteiger partial charge is 0.240 e. The number of thioether (sulfide) groups is 1. The van der Waals surface area contributed by atoms with Crippen molar-refractivity contribution in [3.8, 4) is 0 Å². The molecule has 0 spiro atoms. The number of carbonyl (C=O) groups is 1. The summed E-state index contributed by atoms with van der Waals surface area (Å²) >= 11 is 1.91. The van der Waals surface area contributed by atoms with Gasteiger partial charge in [-0.3, -0.25) is 9.69 Å². The van der Waals surface area contributed by atoms with E-state index in [4.69, 9.17) is 0 Å². The van der Waals surface area contributed by atoms with Crippen LogP contribution in [0.4, 0.5) is 0 Å². The minimum atomic E-state index is 0.173. The Kier molecular flexibility index (Phi) is 6.47. The van der Waals surface area contributed by atoms with Crippen LogP contribution in [-0.4, -0.2) is 73.0 Å². The molecule has 0 aromatic carbocycles. The van der Waals surface area contributed by atoms with E-state index in [0.29, 0.717) is 5.91 Å². The van der Waals surface area contributed by atoms with E-state index in [0.717, 1.165) is 45.7 Å². The first kappa shape index (κ1) is 15.1. The van der Waals surface area contributed by atoms with Crippen molar-refractivity contribution in [3.05, 3.63) is 0 Å². The fourth-order valence-electron chi connectivity index (χ4n) is 3.03. The highest BCUT2D eigenvalue weighted by molar-refractivity contribution is 7.98. The van der Waals surface area contributed by atoms with Gasteiger partial charge in [0.05, 0.1) is 6.04 Å². The lowest BCUT2D eigenvalue weighted by Gasteiger charge is -2.33. The summed E-state index contributed by atoms with van der Waals surface area (Å²) in [4.78, 5) is 17.0. The molecule has 2 heterocycles. The zero-order valence-electron chi connectivity index (χ0n) is 12.1. The third-order valence-electron chi connectivity index (χ3n) is 4.12. The van der Waals surface area contributed by atoms with E-state index >= 15 is 0 Å². The largest absolute Gasteiger partial charge is 0.339 e. The normalized spacial score (nSPS) is 24.9. The number of rotatable bonds is 6. The SMILES string of the molecule is CSCCCCN1CCCC1C(=O)N1CCNCC1. The van der Waals surface area contributed by atoms with E-state index in [1.165, 1.54) is 25.0 Å². The lowest BCUT2D eigenvalue weighted by Crippen LogP contribution is -2.52. The predicted octanol–water partition coefficient (Wildman–Crippen LogP) is 1.03. The maximum atomic E-state index is 12.6. The molecule has 2 aliphatic heterocycles. The first-order valence-corrected chi connectivity index (χ1v) is 8.95. The van der Waals surface area contributed by atoms with E-state index in [9.17, 15) is 4.79 Å². The van der Waals surface area contributed by atoms with Crippen molar-refractivity contribution in [2.75, 3.05) is 51.3 Å². The zero-order valence-corrected chi connectivity index (χ0v) is 12.9. The Hall–Kier alpha value is -0.260. The fourth-order valence-corrected chi connectivity index (χ4v) is 3.52. The molecule has 2 aliphatic rings. The molecular formula is C14H27N3OS. The lowest BCUT2D eigenvalue weighted by molar-refractivity contribution is -0.136. The molecular weight excluding hydrogens is 258 g/mol. The van der Waals surface area contributed by atoms with Crippen LogP contribution in [0.2, 0.25) is 0 Å². The Morgan fingerprint density at radius 2 is 2.05 bits per heavy atom. The van der Waals surface area contributed by atoms with Crippen LogP contribution < -0.4 is 5.32 Å². The zero-order chi connectivity index (χ0) is 13.5. The Morgan fingerprint density at radius 3 is 2.79 bits per heavy atom. The molecule has 5 heteroatoms. The molecule has 0 aromatic rings. The van der Waals surface area contributed by atoms with Gasteiger partial charge in [-0.05, 0) is 50.8 Å². The van der Waals surface area contributed by atoms with Gasteiger partial charge in [0.2, 0.25) is 5.91 Å². The molecule has 19 heavy (non-hydrogen) atoms. The van der Waals surface area contributed by atoms with Gasteiger partial charge in [-0.15, -0.1) is 0 Å². The van der Waals surface area contributed by atoms with Crippen LogP contribution in [0, 0.1) is 0 Å². The number of hydrogen-bond donors (Lipinski definition) is 1. The van der Waals surface area contributed by atoms with E-state index in [2.05, 4.69) is 21.4 Å². The first-order valence-electron chi connectivity index (χ1n) is 7.55. The van der Waals surface area contributed by atoms with Crippen molar-refractivity contribution < 1.29 is 4.79 Å². The van der Waals surface area contributed by atoms with Crippen LogP contribution in [0.25, 0.3) is 0 Å². The van der Waals surface area contributed by atoms with Crippen molar-refractivity contribution in [1.82, 2.24) is 15.1 Å². The second-order valence-corrected chi connectivity index (χ2v) is 6.45. The van der Waals surface area contributed by atoms with Crippen molar-refractivity contribution in [2.45, 2.75) is 31.7 Å². The topological polar surface area (TPSA) is 35.6 Å². The molecule has 110 valence electrons. The van der Waals surface area contributed by atoms with Gasteiger partial charge < -0.3 is 10.2 Å². The third-order valence-corrected chi connectivity index (χ3v) is 4.82.